The van der Waals surface area contributed by atoms with Crippen LogP contribution in [0.25, 0.3) is 5.65 Å². The highest BCUT2D eigenvalue weighted by atomic mass is 19.4. The second-order valence-corrected chi connectivity index (χ2v) is 8.12. The third-order valence-electron chi connectivity index (χ3n) is 5.61. The summed E-state index contributed by atoms with van der Waals surface area (Å²) in [5.74, 6) is 0. The Hall–Kier alpha value is -2.71. The molecule has 1 aromatic carbocycles. The number of fused-ring (bicyclic) bond motifs is 1. The summed E-state index contributed by atoms with van der Waals surface area (Å²) in [5.41, 5.74) is 2.58. The third kappa shape index (κ3) is 5.32. The summed E-state index contributed by atoms with van der Waals surface area (Å²) in [6.45, 7) is 6.56. The van der Waals surface area contributed by atoms with E-state index in [1.807, 2.05) is 19.1 Å². The molecule has 0 radical (unpaired) electrons. The number of rotatable bonds is 4. The number of nitrogens with zero attached hydrogens (tertiary/aromatic N) is 4. The molecule has 0 atom stereocenters. The SMILES string of the molecule is Cc1ccc2nc(CN3CCCN(Cc4ccc(C(F)(F)F)cc4)CC3)cc(=O)n2c1. The zero-order valence-corrected chi connectivity index (χ0v) is 17.4. The molecule has 164 valence electrons. The summed E-state index contributed by atoms with van der Waals surface area (Å²) in [6, 6.07) is 10.8. The summed E-state index contributed by atoms with van der Waals surface area (Å²) in [5, 5.41) is 0. The van der Waals surface area contributed by atoms with Crippen molar-refractivity contribution in [2.24, 2.45) is 0 Å². The monoisotopic (exact) mass is 430 g/mol. The van der Waals surface area contributed by atoms with Crippen LogP contribution < -0.4 is 5.56 Å². The van der Waals surface area contributed by atoms with E-state index in [0.29, 0.717) is 18.7 Å². The van der Waals surface area contributed by atoms with Crippen molar-refractivity contribution in [1.29, 1.82) is 0 Å². The van der Waals surface area contributed by atoms with Gasteiger partial charge in [-0.15, -0.1) is 0 Å². The molecule has 0 aliphatic carbocycles. The van der Waals surface area contributed by atoms with Gasteiger partial charge in [-0.2, -0.15) is 13.2 Å². The lowest BCUT2D eigenvalue weighted by atomic mass is 10.1. The topological polar surface area (TPSA) is 40.9 Å². The van der Waals surface area contributed by atoms with E-state index in [2.05, 4.69) is 14.8 Å². The number of benzene rings is 1. The first-order valence-corrected chi connectivity index (χ1v) is 10.4. The number of aromatic nitrogens is 2. The Morgan fingerprint density at radius 2 is 1.61 bits per heavy atom. The van der Waals surface area contributed by atoms with Crippen LogP contribution in [0.1, 0.15) is 28.8 Å². The Labute approximate surface area is 178 Å². The average molecular weight is 430 g/mol. The molecule has 0 bridgehead atoms. The summed E-state index contributed by atoms with van der Waals surface area (Å²) < 4.78 is 39.8. The van der Waals surface area contributed by atoms with E-state index in [-0.39, 0.29) is 5.56 Å². The van der Waals surface area contributed by atoms with Crippen LogP contribution in [-0.4, -0.2) is 45.4 Å². The minimum absolute atomic E-state index is 0.0811. The highest BCUT2D eigenvalue weighted by Crippen LogP contribution is 2.29. The fourth-order valence-electron chi connectivity index (χ4n) is 3.97. The number of hydrogen-bond acceptors (Lipinski definition) is 4. The van der Waals surface area contributed by atoms with E-state index >= 15 is 0 Å². The van der Waals surface area contributed by atoms with E-state index in [1.165, 1.54) is 0 Å². The minimum Gasteiger partial charge on any atom is -0.298 e. The molecule has 4 rings (SSSR count). The molecular formula is C23H25F3N4O. The molecule has 1 fully saturated rings. The van der Waals surface area contributed by atoms with Crippen molar-refractivity contribution in [3.05, 3.63) is 81.4 Å². The number of halogens is 3. The second kappa shape index (κ2) is 8.80. The summed E-state index contributed by atoms with van der Waals surface area (Å²) >= 11 is 0. The third-order valence-corrected chi connectivity index (χ3v) is 5.61. The van der Waals surface area contributed by atoms with Crippen LogP contribution >= 0.6 is 0 Å². The van der Waals surface area contributed by atoms with Gasteiger partial charge in [-0.1, -0.05) is 18.2 Å². The predicted octanol–water partition coefficient (Wildman–Crippen LogP) is 3.73. The van der Waals surface area contributed by atoms with Crippen molar-refractivity contribution < 1.29 is 13.2 Å². The maximum Gasteiger partial charge on any atom is 0.416 e. The van der Waals surface area contributed by atoms with Gasteiger partial charge in [0.15, 0.2) is 0 Å². The number of alkyl halides is 3. The molecule has 8 heteroatoms. The van der Waals surface area contributed by atoms with Crippen LogP contribution in [0.15, 0.2) is 53.5 Å². The number of aryl methyl sites for hydroxylation is 1. The van der Waals surface area contributed by atoms with Gasteiger partial charge in [-0.3, -0.25) is 19.0 Å². The van der Waals surface area contributed by atoms with Crippen molar-refractivity contribution in [1.82, 2.24) is 19.2 Å². The zero-order chi connectivity index (χ0) is 22.0. The summed E-state index contributed by atoms with van der Waals surface area (Å²) in [7, 11) is 0. The van der Waals surface area contributed by atoms with E-state index in [1.54, 1.807) is 28.8 Å². The van der Waals surface area contributed by atoms with Gasteiger partial charge in [-0.25, -0.2) is 4.98 Å². The molecule has 5 nitrogen and oxygen atoms in total. The molecule has 1 aliphatic heterocycles. The molecule has 1 aliphatic rings. The van der Waals surface area contributed by atoms with Crippen LogP contribution in [0.2, 0.25) is 0 Å². The first-order valence-electron chi connectivity index (χ1n) is 10.4. The van der Waals surface area contributed by atoms with Crippen molar-refractivity contribution in [3.63, 3.8) is 0 Å². The molecule has 3 aromatic rings. The smallest absolute Gasteiger partial charge is 0.298 e. The molecular weight excluding hydrogens is 405 g/mol. The lowest BCUT2D eigenvalue weighted by Crippen LogP contribution is -2.31. The van der Waals surface area contributed by atoms with Gasteiger partial charge in [0.25, 0.3) is 5.56 Å². The quantitative estimate of drug-likeness (QED) is 0.633. The number of hydrogen-bond donors (Lipinski definition) is 0. The lowest BCUT2D eigenvalue weighted by molar-refractivity contribution is -0.137. The Bertz CT molecular complexity index is 1110. The Kier molecular flexibility index (Phi) is 6.11. The fourth-order valence-corrected chi connectivity index (χ4v) is 3.97. The standard InChI is InChI=1S/C23H25F3N4O/c1-17-3-8-21-27-20(13-22(31)30(21)14-17)16-29-10-2-9-28(11-12-29)15-18-4-6-19(7-5-18)23(24,25)26/h3-8,13-14H,2,9-12,15-16H2,1H3. The zero-order valence-electron chi connectivity index (χ0n) is 17.4. The van der Waals surface area contributed by atoms with E-state index in [0.717, 1.165) is 61.6 Å². The molecule has 31 heavy (non-hydrogen) atoms. The van der Waals surface area contributed by atoms with Crippen LogP contribution in [0.4, 0.5) is 13.2 Å². The molecule has 0 unspecified atom stereocenters. The van der Waals surface area contributed by atoms with Crippen LogP contribution in [0, 0.1) is 6.92 Å². The van der Waals surface area contributed by atoms with Crippen molar-refractivity contribution in [2.75, 3.05) is 26.2 Å². The average Bonchev–Trinajstić information content (AvgIpc) is 2.93. The van der Waals surface area contributed by atoms with Crippen molar-refractivity contribution >= 4 is 5.65 Å². The molecule has 0 amide bonds. The Morgan fingerprint density at radius 3 is 2.29 bits per heavy atom. The second-order valence-electron chi connectivity index (χ2n) is 8.12. The lowest BCUT2D eigenvalue weighted by Gasteiger charge is -2.22. The van der Waals surface area contributed by atoms with Crippen LogP contribution in [0.5, 0.6) is 0 Å². The summed E-state index contributed by atoms with van der Waals surface area (Å²) in [6.07, 6.45) is -1.56. The molecule has 2 aromatic heterocycles. The van der Waals surface area contributed by atoms with E-state index in [4.69, 9.17) is 0 Å². The Balaban J connectivity index is 1.37. The predicted molar refractivity (Wildman–Crippen MR) is 113 cm³/mol. The first-order chi connectivity index (χ1) is 14.8. The largest absolute Gasteiger partial charge is 0.416 e. The normalized spacial score (nSPS) is 16.5. The van der Waals surface area contributed by atoms with Crippen molar-refractivity contribution in [3.8, 4) is 0 Å². The van der Waals surface area contributed by atoms with E-state index in [9.17, 15) is 18.0 Å². The first kappa shape index (κ1) is 21.5. The van der Waals surface area contributed by atoms with Gasteiger partial charge in [0.05, 0.1) is 11.3 Å². The van der Waals surface area contributed by atoms with Gasteiger partial charge >= 0.3 is 6.18 Å². The van der Waals surface area contributed by atoms with Gasteiger partial charge < -0.3 is 0 Å². The van der Waals surface area contributed by atoms with Crippen LogP contribution in [-0.2, 0) is 19.3 Å². The minimum atomic E-state index is -4.31. The molecule has 1 saturated heterocycles. The number of pyridine rings is 1. The molecule has 0 spiro atoms. The van der Waals surface area contributed by atoms with Gasteiger partial charge in [0, 0.05) is 38.4 Å². The maximum atomic E-state index is 12.7. The van der Waals surface area contributed by atoms with Gasteiger partial charge in [-0.05, 0) is 55.8 Å². The van der Waals surface area contributed by atoms with Crippen molar-refractivity contribution in [2.45, 2.75) is 32.6 Å². The maximum absolute atomic E-state index is 12.7. The highest BCUT2D eigenvalue weighted by molar-refractivity contribution is 5.39. The fraction of sp³-hybridized carbons (Fsp3) is 0.391. The Morgan fingerprint density at radius 1 is 0.935 bits per heavy atom. The van der Waals surface area contributed by atoms with Gasteiger partial charge in [0.2, 0.25) is 0 Å². The van der Waals surface area contributed by atoms with Gasteiger partial charge in [0.1, 0.15) is 5.65 Å². The van der Waals surface area contributed by atoms with E-state index < -0.39 is 11.7 Å². The van der Waals surface area contributed by atoms with Crippen LogP contribution in [0.3, 0.4) is 0 Å². The molecule has 0 saturated carbocycles. The molecule has 3 heterocycles. The highest BCUT2D eigenvalue weighted by Gasteiger charge is 2.30. The summed E-state index contributed by atoms with van der Waals surface area (Å²) in [4.78, 5) is 21.6. The molecule has 0 N–H and O–H groups in total.